The Kier molecular flexibility index (Phi) is 3.58. The number of benzene rings is 1. The van der Waals surface area contributed by atoms with E-state index in [2.05, 4.69) is 22.6 Å². The van der Waals surface area contributed by atoms with Crippen LogP contribution in [0, 0.1) is 22.7 Å². The van der Waals surface area contributed by atoms with E-state index < -0.39 is 0 Å². The number of rotatable bonds is 3. The summed E-state index contributed by atoms with van der Waals surface area (Å²) in [5.74, 6) is 0.702. The van der Waals surface area contributed by atoms with Crippen LogP contribution in [0.15, 0.2) is 24.3 Å². The zero-order valence-corrected chi connectivity index (χ0v) is 11.3. The van der Waals surface area contributed by atoms with Crippen molar-refractivity contribution in [3.8, 4) is 17.8 Å². The molecule has 3 N–H and O–H groups in total. The number of hydrogen-bond acceptors (Lipinski definition) is 5. The van der Waals surface area contributed by atoms with Crippen LogP contribution < -0.4 is 11.1 Å². The average Bonchev–Trinajstić information content (AvgIpc) is 2.74. The van der Waals surface area contributed by atoms with Gasteiger partial charge in [-0.2, -0.15) is 10.5 Å². The lowest BCUT2D eigenvalue weighted by molar-refractivity contribution is 0.850. The molecule has 20 heavy (non-hydrogen) atoms. The van der Waals surface area contributed by atoms with Crippen LogP contribution in [-0.2, 0) is 0 Å². The summed E-state index contributed by atoms with van der Waals surface area (Å²) in [4.78, 5) is 0. The van der Waals surface area contributed by atoms with Crippen molar-refractivity contribution in [3.05, 3.63) is 35.4 Å². The minimum atomic E-state index is 0.135. The maximum Gasteiger partial charge on any atom is 0.168 e. The molecule has 1 heterocycles. The van der Waals surface area contributed by atoms with E-state index in [4.69, 9.17) is 11.0 Å². The van der Waals surface area contributed by atoms with E-state index in [0.29, 0.717) is 22.6 Å². The van der Waals surface area contributed by atoms with Crippen LogP contribution in [0.5, 0.6) is 0 Å². The van der Waals surface area contributed by atoms with Gasteiger partial charge in [-0.05, 0) is 32.0 Å². The van der Waals surface area contributed by atoms with Crippen molar-refractivity contribution in [1.82, 2.24) is 9.78 Å². The van der Waals surface area contributed by atoms with Gasteiger partial charge in [-0.1, -0.05) is 6.07 Å². The second kappa shape index (κ2) is 5.33. The average molecular weight is 266 g/mol. The van der Waals surface area contributed by atoms with Crippen molar-refractivity contribution in [2.24, 2.45) is 0 Å². The van der Waals surface area contributed by atoms with Crippen molar-refractivity contribution in [2.45, 2.75) is 19.9 Å². The molecule has 1 aromatic carbocycles. The molecule has 0 aliphatic rings. The molecule has 0 spiro atoms. The van der Waals surface area contributed by atoms with Crippen LogP contribution in [0.1, 0.15) is 25.0 Å². The van der Waals surface area contributed by atoms with Gasteiger partial charge in [0.15, 0.2) is 5.82 Å². The molecule has 0 aliphatic carbocycles. The molecule has 1 aromatic heterocycles. The molecule has 0 atom stereocenters. The van der Waals surface area contributed by atoms with E-state index in [1.54, 1.807) is 24.3 Å². The fourth-order valence-electron chi connectivity index (χ4n) is 1.82. The molecule has 0 aliphatic heterocycles. The zero-order chi connectivity index (χ0) is 14.7. The Balaban J connectivity index is 2.55. The second-order valence-corrected chi connectivity index (χ2v) is 4.59. The highest BCUT2D eigenvalue weighted by Gasteiger charge is 2.17. The van der Waals surface area contributed by atoms with Crippen LogP contribution in [0.3, 0.4) is 0 Å². The third-order valence-electron chi connectivity index (χ3n) is 2.68. The maximum atomic E-state index is 9.20. The Morgan fingerprint density at radius 2 is 2.05 bits per heavy atom. The first kappa shape index (κ1) is 13.4. The first-order chi connectivity index (χ1) is 9.56. The molecule has 0 amide bonds. The second-order valence-electron chi connectivity index (χ2n) is 4.59. The third-order valence-corrected chi connectivity index (χ3v) is 2.68. The number of nitrogens with one attached hydrogen (secondary N) is 1. The lowest BCUT2D eigenvalue weighted by Crippen LogP contribution is -2.11. The molecule has 0 fully saturated rings. The molecule has 0 radical (unpaired) electrons. The Hall–Kier alpha value is -2.99. The fourth-order valence-corrected chi connectivity index (χ4v) is 1.82. The zero-order valence-electron chi connectivity index (χ0n) is 11.3. The summed E-state index contributed by atoms with van der Waals surface area (Å²) in [7, 11) is 0. The van der Waals surface area contributed by atoms with Crippen molar-refractivity contribution < 1.29 is 0 Å². The summed E-state index contributed by atoms with van der Waals surface area (Å²) in [6.07, 6.45) is 0. The molecule has 0 saturated carbocycles. The monoisotopic (exact) mass is 266 g/mol. The summed E-state index contributed by atoms with van der Waals surface area (Å²) < 4.78 is 1.46. The van der Waals surface area contributed by atoms with Gasteiger partial charge in [0.2, 0.25) is 0 Å². The Labute approximate surface area is 117 Å². The van der Waals surface area contributed by atoms with E-state index in [9.17, 15) is 5.26 Å². The van der Waals surface area contributed by atoms with Gasteiger partial charge in [0.25, 0.3) is 0 Å². The summed E-state index contributed by atoms with van der Waals surface area (Å²) in [5, 5.41) is 25.5. The molecular formula is C14H14N6. The minimum Gasteiger partial charge on any atom is -0.382 e. The predicted molar refractivity (Wildman–Crippen MR) is 76.2 cm³/mol. The molecule has 6 heteroatoms. The lowest BCUT2D eigenvalue weighted by Gasteiger charge is -2.06. The van der Waals surface area contributed by atoms with Gasteiger partial charge >= 0.3 is 0 Å². The third kappa shape index (κ3) is 2.40. The van der Waals surface area contributed by atoms with E-state index in [-0.39, 0.29) is 11.9 Å². The van der Waals surface area contributed by atoms with E-state index >= 15 is 0 Å². The normalized spacial score (nSPS) is 10.1. The highest BCUT2D eigenvalue weighted by molar-refractivity contribution is 5.66. The van der Waals surface area contributed by atoms with Crippen LogP contribution in [-0.4, -0.2) is 15.8 Å². The molecule has 2 rings (SSSR count). The molecular weight excluding hydrogens is 252 g/mol. The quantitative estimate of drug-likeness (QED) is 0.884. The first-order valence-corrected chi connectivity index (χ1v) is 6.12. The van der Waals surface area contributed by atoms with Crippen molar-refractivity contribution in [1.29, 1.82) is 10.5 Å². The SMILES string of the molecule is CC(C)Nc1nn(-c2cccc(C#N)c2)c(N)c1C#N. The van der Waals surface area contributed by atoms with Gasteiger partial charge in [0.1, 0.15) is 17.5 Å². The number of anilines is 2. The summed E-state index contributed by atoms with van der Waals surface area (Å²) >= 11 is 0. The topological polar surface area (TPSA) is 103 Å². The van der Waals surface area contributed by atoms with Gasteiger partial charge in [0, 0.05) is 6.04 Å². The molecule has 2 aromatic rings. The minimum absolute atomic E-state index is 0.135. The van der Waals surface area contributed by atoms with Crippen LogP contribution in [0.2, 0.25) is 0 Å². The predicted octanol–water partition coefficient (Wildman–Crippen LogP) is 2.02. The molecule has 0 unspecified atom stereocenters. The van der Waals surface area contributed by atoms with Gasteiger partial charge in [-0.15, -0.1) is 5.10 Å². The Morgan fingerprint density at radius 3 is 2.65 bits per heavy atom. The van der Waals surface area contributed by atoms with Crippen molar-refractivity contribution >= 4 is 11.6 Å². The highest BCUT2D eigenvalue weighted by Crippen LogP contribution is 2.24. The number of hydrogen-bond donors (Lipinski definition) is 2. The van der Waals surface area contributed by atoms with Gasteiger partial charge < -0.3 is 11.1 Å². The van der Waals surface area contributed by atoms with Crippen molar-refractivity contribution in [2.75, 3.05) is 11.1 Å². The first-order valence-electron chi connectivity index (χ1n) is 6.12. The van der Waals surface area contributed by atoms with Crippen LogP contribution in [0.25, 0.3) is 5.69 Å². The highest BCUT2D eigenvalue weighted by atomic mass is 15.3. The van der Waals surface area contributed by atoms with Gasteiger partial charge in [-0.3, -0.25) is 0 Å². The molecule has 0 saturated heterocycles. The number of nitrogen functional groups attached to an aromatic ring is 1. The molecule has 100 valence electrons. The van der Waals surface area contributed by atoms with Crippen molar-refractivity contribution in [3.63, 3.8) is 0 Å². The van der Waals surface area contributed by atoms with Gasteiger partial charge in [-0.25, -0.2) is 4.68 Å². The molecule has 0 bridgehead atoms. The number of nitriles is 2. The Bertz CT molecular complexity index is 714. The standard InChI is InChI=1S/C14H14N6/c1-9(2)18-14-12(8-16)13(17)20(19-14)11-5-3-4-10(6-11)7-15/h3-6,9H,17H2,1-2H3,(H,18,19). The summed E-state index contributed by atoms with van der Waals surface area (Å²) in [6.45, 7) is 3.90. The number of aromatic nitrogens is 2. The molecule has 6 nitrogen and oxygen atoms in total. The van der Waals surface area contributed by atoms with Crippen LogP contribution in [0.4, 0.5) is 11.6 Å². The fraction of sp³-hybridized carbons (Fsp3) is 0.214. The lowest BCUT2D eigenvalue weighted by atomic mass is 10.2. The smallest absolute Gasteiger partial charge is 0.168 e. The summed E-state index contributed by atoms with van der Waals surface area (Å²) in [6, 6.07) is 11.1. The maximum absolute atomic E-state index is 9.20. The largest absolute Gasteiger partial charge is 0.382 e. The number of nitrogens with zero attached hydrogens (tertiary/aromatic N) is 4. The van der Waals surface area contributed by atoms with E-state index in [1.165, 1.54) is 4.68 Å². The van der Waals surface area contributed by atoms with Gasteiger partial charge in [0.05, 0.1) is 17.3 Å². The van der Waals surface area contributed by atoms with E-state index in [0.717, 1.165) is 0 Å². The number of nitrogens with two attached hydrogens (primary N) is 1. The van der Waals surface area contributed by atoms with E-state index in [1.807, 2.05) is 13.8 Å². The summed E-state index contributed by atoms with van der Waals surface area (Å²) in [5.41, 5.74) is 7.43. The Morgan fingerprint density at radius 1 is 1.30 bits per heavy atom. The van der Waals surface area contributed by atoms with Crippen LogP contribution >= 0.6 is 0 Å².